The first kappa shape index (κ1) is 15.7. The number of aromatic nitrogens is 1. The highest BCUT2D eigenvalue weighted by Crippen LogP contribution is 2.26. The number of hydrogen-bond acceptors (Lipinski definition) is 6. The van der Waals surface area contributed by atoms with Gasteiger partial charge in [-0.1, -0.05) is 24.7 Å². The fraction of sp³-hybridized carbons (Fsp3) is 0.667. The van der Waals surface area contributed by atoms with Crippen molar-refractivity contribution < 1.29 is 9.53 Å². The minimum absolute atomic E-state index is 0.192. The van der Waals surface area contributed by atoms with Crippen LogP contribution in [-0.2, 0) is 4.74 Å². The fourth-order valence-corrected chi connectivity index (χ4v) is 2.16. The third kappa shape index (κ3) is 5.04. The molecule has 7 heteroatoms. The Morgan fingerprint density at radius 2 is 2.21 bits per heavy atom. The van der Waals surface area contributed by atoms with Crippen molar-refractivity contribution in [2.45, 2.75) is 19.8 Å². The molecular weight excluding hydrogens is 264 g/mol. The normalized spacial score (nSPS) is 10.5. The smallest absolute Gasteiger partial charge is 0.265 e. The molecular formula is C12H22N4O2S. The van der Waals surface area contributed by atoms with Crippen molar-refractivity contribution in [1.29, 1.82) is 0 Å². The lowest BCUT2D eigenvalue weighted by molar-refractivity contribution is 0.0917. The van der Waals surface area contributed by atoms with Crippen molar-refractivity contribution in [3.63, 3.8) is 0 Å². The highest BCUT2D eigenvalue weighted by atomic mass is 32.1. The number of nitrogens with one attached hydrogen (secondary N) is 1. The molecule has 1 aromatic heterocycles. The van der Waals surface area contributed by atoms with Crippen LogP contribution in [0.25, 0.3) is 0 Å². The Morgan fingerprint density at radius 3 is 2.79 bits per heavy atom. The molecule has 0 radical (unpaired) electrons. The van der Waals surface area contributed by atoms with Crippen LogP contribution in [0.5, 0.6) is 0 Å². The Morgan fingerprint density at radius 1 is 1.47 bits per heavy atom. The maximum absolute atomic E-state index is 11.9. The van der Waals surface area contributed by atoms with Crippen LogP contribution >= 0.6 is 11.3 Å². The van der Waals surface area contributed by atoms with Crippen LogP contribution in [0.4, 0.5) is 10.9 Å². The molecule has 0 aromatic carbocycles. The van der Waals surface area contributed by atoms with E-state index in [0.29, 0.717) is 18.0 Å². The van der Waals surface area contributed by atoms with Crippen LogP contribution in [0, 0.1) is 0 Å². The molecule has 0 unspecified atom stereocenters. The first-order chi connectivity index (χ1) is 9.06. The standard InChI is InChI=1S/C12H22N4O2S/c1-4-5-7-18-8-6-14-11(17)9-10(13)15-12(19-9)16(2)3/h4-8,13H2,1-3H3,(H,14,17). The molecule has 1 heterocycles. The average molecular weight is 286 g/mol. The molecule has 0 aliphatic heterocycles. The molecule has 3 N–H and O–H groups in total. The summed E-state index contributed by atoms with van der Waals surface area (Å²) in [6.07, 6.45) is 2.15. The first-order valence-corrected chi connectivity index (χ1v) is 7.17. The summed E-state index contributed by atoms with van der Waals surface area (Å²) in [7, 11) is 3.73. The van der Waals surface area contributed by atoms with Gasteiger partial charge in [-0.3, -0.25) is 4.79 Å². The zero-order valence-corrected chi connectivity index (χ0v) is 12.5. The number of nitrogen functional groups attached to an aromatic ring is 1. The number of nitrogens with zero attached hydrogens (tertiary/aromatic N) is 2. The number of nitrogens with two attached hydrogens (primary N) is 1. The van der Waals surface area contributed by atoms with E-state index < -0.39 is 0 Å². The minimum atomic E-state index is -0.192. The molecule has 1 aromatic rings. The number of carbonyl (C=O) groups excluding carboxylic acids is 1. The summed E-state index contributed by atoms with van der Waals surface area (Å²) < 4.78 is 5.37. The number of ether oxygens (including phenoxy) is 1. The van der Waals surface area contributed by atoms with Gasteiger partial charge in [0.15, 0.2) is 5.13 Å². The molecule has 6 nitrogen and oxygen atoms in total. The molecule has 0 spiro atoms. The van der Waals surface area contributed by atoms with Gasteiger partial charge in [0, 0.05) is 27.2 Å². The summed E-state index contributed by atoms with van der Waals surface area (Å²) in [5, 5.41) is 3.50. The number of carbonyl (C=O) groups is 1. The number of thiazole rings is 1. The zero-order valence-electron chi connectivity index (χ0n) is 11.7. The third-order valence-electron chi connectivity index (χ3n) is 2.41. The van der Waals surface area contributed by atoms with Gasteiger partial charge >= 0.3 is 0 Å². The van der Waals surface area contributed by atoms with Crippen LogP contribution < -0.4 is 16.0 Å². The Balaban J connectivity index is 2.37. The lowest BCUT2D eigenvalue weighted by Gasteiger charge is -2.05. The van der Waals surface area contributed by atoms with E-state index in [9.17, 15) is 4.79 Å². The summed E-state index contributed by atoms with van der Waals surface area (Å²) in [6.45, 7) is 3.85. The minimum Gasteiger partial charge on any atom is -0.382 e. The Hall–Kier alpha value is -1.34. The zero-order chi connectivity index (χ0) is 14.3. The van der Waals surface area contributed by atoms with E-state index in [0.717, 1.165) is 24.6 Å². The van der Waals surface area contributed by atoms with Crippen molar-refractivity contribution in [2.75, 3.05) is 44.5 Å². The second-order valence-corrected chi connectivity index (χ2v) is 5.30. The number of hydrogen-bond donors (Lipinski definition) is 2. The van der Waals surface area contributed by atoms with E-state index in [1.165, 1.54) is 11.3 Å². The number of unbranched alkanes of at least 4 members (excludes halogenated alkanes) is 1. The van der Waals surface area contributed by atoms with Gasteiger partial charge in [-0.15, -0.1) is 0 Å². The molecule has 0 atom stereocenters. The van der Waals surface area contributed by atoms with Crippen molar-refractivity contribution in [3.8, 4) is 0 Å². The van der Waals surface area contributed by atoms with Crippen LogP contribution in [0.2, 0.25) is 0 Å². The van der Waals surface area contributed by atoms with E-state index in [4.69, 9.17) is 10.5 Å². The highest BCUT2D eigenvalue weighted by molar-refractivity contribution is 7.18. The van der Waals surface area contributed by atoms with Gasteiger partial charge in [0.25, 0.3) is 5.91 Å². The van der Waals surface area contributed by atoms with E-state index in [1.807, 2.05) is 19.0 Å². The monoisotopic (exact) mass is 286 g/mol. The Labute approximate surface area is 118 Å². The predicted molar refractivity (Wildman–Crippen MR) is 78.9 cm³/mol. The topological polar surface area (TPSA) is 80.5 Å². The van der Waals surface area contributed by atoms with Gasteiger partial charge in [-0.05, 0) is 6.42 Å². The van der Waals surface area contributed by atoms with Gasteiger partial charge < -0.3 is 20.7 Å². The fourth-order valence-electron chi connectivity index (χ4n) is 1.34. The van der Waals surface area contributed by atoms with Crippen LogP contribution in [-0.4, -0.2) is 44.7 Å². The second-order valence-electron chi connectivity index (χ2n) is 4.33. The van der Waals surface area contributed by atoms with Crippen LogP contribution in [0.3, 0.4) is 0 Å². The van der Waals surface area contributed by atoms with E-state index in [1.54, 1.807) is 0 Å². The molecule has 0 aliphatic carbocycles. The quantitative estimate of drug-likeness (QED) is 0.705. The second kappa shape index (κ2) is 7.96. The number of anilines is 2. The van der Waals surface area contributed by atoms with Crippen LogP contribution in [0.15, 0.2) is 0 Å². The van der Waals surface area contributed by atoms with E-state index >= 15 is 0 Å². The molecule has 1 rings (SSSR count). The summed E-state index contributed by atoms with van der Waals surface area (Å²) >= 11 is 1.28. The molecule has 0 saturated heterocycles. The Bertz CT molecular complexity index is 406. The lowest BCUT2D eigenvalue weighted by atomic mass is 10.4. The summed E-state index contributed by atoms with van der Waals surface area (Å²) in [5.41, 5.74) is 5.73. The summed E-state index contributed by atoms with van der Waals surface area (Å²) in [6, 6.07) is 0. The van der Waals surface area contributed by atoms with Gasteiger partial charge in [-0.25, -0.2) is 4.98 Å². The number of rotatable bonds is 8. The van der Waals surface area contributed by atoms with Gasteiger partial charge in [-0.2, -0.15) is 0 Å². The van der Waals surface area contributed by atoms with Crippen molar-refractivity contribution in [2.24, 2.45) is 0 Å². The Kier molecular flexibility index (Phi) is 6.58. The van der Waals surface area contributed by atoms with Crippen molar-refractivity contribution >= 4 is 28.2 Å². The molecule has 19 heavy (non-hydrogen) atoms. The molecule has 0 saturated carbocycles. The van der Waals surface area contributed by atoms with Gasteiger partial charge in [0.05, 0.1) is 6.61 Å². The largest absolute Gasteiger partial charge is 0.382 e. The maximum atomic E-state index is 11.9. The lowest BCUT2D eigenvalue weighted by Crippen LogP contribution is -2.27. The van der Waals surface area contributed by atoms with Crippen LogP contribution in [0.1, 0.15) is 29.4 Å². The molecule has 0 bridgehead atoms. The summed E-state index contributed by atoms with van der Waals surface area (Å²) in [5.74, 6) is 0.0836. The molecule has 0 aliphatic rings. The number of amides is 1. The van der Waals surface area contributed by atoms with Crippen molar-refractivity contribution in [3.05, 3.63) is 4.88 Å². The highest BCUT2D eigenvalue weighted by Gasteiger charge is 2.16. The molecule has 1 amide bonds. The first-order valence-electron chi connectivity index (χ1n) is 6.35. The predicted octanol–water partition coefficient (Wildman–Crippen LogP) is 1.34. The van der Waals surface area contributed by atoms with E-state index in [-0.39, 0.29) is 11.7 Å². The summed E-state index contributed by atoms with van der Waals surface area (Å²) in [4.78, 5) is 18.3. The van der Waals surface area contributed by atoms with E-state index in [2.05, 4.69) is 17.2 Å². The van der Waals surface area contributed by atoms with Gasteiger partial charge in [0.1, 0.15) is 10.7 Å². The average Bonchev–Trinajstić information content (AvgIpc) is 2.76. The molecule has 0 fully saturated rings. The molecule has 108 valence electrons. The third-order valence-corrected chi connectivity index (χ3v) is 3.64. The van der Waals surface area contributed by atoms with Crippen molar-refractivity contribution in [1.82, 2.24) is 10.3 Å². The maximum Gasteiger partial charge on any atom is 0.265 e. The van der Waals surface area contributed by atoms with Gasteiger partial charge in [0.2, 0.25) is 0 Å². The SMILES string of the molecule is CCCCOCCNC(=O)c1sc(N(C)C)nc1N.